The number of nitrogens with zero attached hydrogens (tertiary/aromatic N) is 1. The van der Waals surface area contributed by atoms with Crippen molar-refractivity contribution in [2.24, 2.45) is 0 Å². The highest BCUT2D eigenvalue weighted by Gasteiger charge is 2.51. The van der Waals surface area contributed by atoms with E-state index in [4.69, 9.17) is 16.3 Å². The maximum atomic E-state index is 12.9. The third kappa shape index (κ3) is 3.38. The molecular formula is C21H20ClN3O5. The molecule has 3 N–H and O–H groups in total. The number of rotatable bonds is 5. The van der Waals surface area contributed by atoms with Gasteiger partial charge in [0.05, 0.1) is 18.7 Å². The molecule has 2 aromatic rings. The summed E-state index contributed by atoms with van der Waals surface area (Å²) in [5.74, 6) is -1.20. The maximum absolute atomic E-state index is 12.9. The Morgan fingerprint density at radius 2 is 2.07 bits per heavy atom. The van der Waals surface area contributed by atoms with E-state index in [1.54, 1.807) is 31.4 Å². The number of benzene rings is 2. The number of ether oxygens (including phenoxy) is 1. The summed E-state index contributed by atoms with van der Waals surface area (Å²) in [4.78, 5) is 37.7. The first-order valence-corrected chi connectivity index (χ1v) is 9.78. The smallest absolute Gasteiger partial charge is 0.279 e. The second-order valence-corrected chi connectivity index (χ2v) is 7.65. The molecule has 0 spiro atoms. The molecular weight excluding hydrogens is 410 g/mol. The van der Waals surface area contributed by atoms with Crippen LogP contribution in [0.2, 0.25) is 5.02 Å². The summed E-state index contributed by atoms with van der Waals surface area (Å²) in [6, 6.07) is 10.7. The molecule has 1 atom stereocenters. The van der Waals surface area contributed by atoms with Crippen LogP contribution in [-0.4, -0.2) is 40.6 Å². The number of amides is 3. The van der Waals surface area contributed by atoms with E-state index < -0.39 is 23.4 Å². The van der Waals surface area contributed by atoms with Gasteiger partial charge in [0.15, 0.2) is 0 Å². The maximum Gasteiger partial charge on any atom is 0.279 e. The average Bonchev–Trinajstić information content (AvgIpc) is 3.07. The summed E-state index contributed by atoms with van der Waals surface area (Å²) in [5.41, 5.74) is 0.672. The molecule has 1 unspecified atom stereocenters. The van der Waals surface area contributed by atoms with Crippen molar-refractivity contribution in [2.45, 2.75) is 31.7 Å². The van der Waals surface area contributed by atoms with Crippen molar-refractivity contribution < 1.29 is 24.2 Å². The summed E-state index contributed by atoms with van der Waals surface area (Å²) < 4.78 is 5.16. The first-order chi connectivity index (χ1) is 14.3. The average molecular weight is 430 g/mol. The Bertz CT molecular complexity index is 1060. The first-order valence-electron chi connectivity index (χ1n) is 9.40. The zero-order valence-electron chi connectivity index (χ0n) is 16.2. The Morgan fingerprint density at radius 3 is 2.77 bits per heavy atom. The van der Waals surface area contributed by atoms with Crippen molar-refractivity contribution in [3.05, 3.63) is 58.1 Å². The van der Waals surface area contributed by atoms with Crippen molar-refractivity contribution in [1.29, 1.82) is 0 Å². The molecule has 0 saturated carbocycles. The number of carbonyl (C=O) groups is 3. The molecule has 4 rings (SSSR count). The molecule has 8 nitrogen and oxygen atoms in total. The number of halogens is 1. The second kappa shape index (κ2) is 7.62. The lowest BCUT2D eigenvalue weighted by atomic mass is 10.00. The zero-order chi connectivity index (χ0) is 21.5. The van der Waals surface area contributed by atoms with E-state index in [1.165, 1.54) is 0 Å². The fourth-order valence-corrected chi connectivity index (χ4v) is 4.04. The number of hydrogen-bond acceptors (Lipinski definition) is 6. The lowest BCUT2D eigenvalue weighted by molar-refractivity contribution is -0.167. The fraction of sp³-hybridized carbons (Fsp3) is 0.286. The van der Waals surface area contributed by atoms with E-state index in [1.807, 2.05) is 12.1 Å². The number of fused-ring (bicyclic) bond motifs is 1. The number of aliphatic hydroxyl groups is 1. The number of carbonyl (C=O) groups excluding carboxylic acids is 3. The Labute approximate surface area is 177 Å². The molecule has 2 aliphatic heterocycles. The molecule has 3 amide bonds. The van der Waals surface area contributed by atoms with Crippen LogP contribution in [0.1, 0.15) is 34.3 Å². The van der Waals surface area contributed by atoms with Crippen LogP contribution in [0.5, 0.6) is 5.75 Å². The highest BCUT2D eigenvalue weighted by atomic mass is 35.5. The number of nitrogens with one attached hydrogen (secondary N) is 2. The van der Waals surface area contributed by atoms with Gasteiger partial charge in [0.25, 0.3) is 11.8 Å². The largest absolute Gasteiger partial charge is 0.495 e. The highest BCUT2D eigenvalue weighted by molar-refractivity contribution is 6.32. The van der Waals surface area contributed by atoms with Crippen LogP contribution in [0.25, 0.3) is 0 Å². The summed E-state index contributed by atoms with van der Waals surface area (Å²) in [5, 5.41) is 16.8. The van der Waals surface area contributed by atoms with E-state index in [-0.39, 0.29) is 19.4 Å². The Kier molecular flexibility index (Phi) is 5.13. The topological polar surface area (TPSA) is 108 Å². The van der Waals surface area contributed by atoms with Crippen LogP contribution in [-0.2, 0) is 22.7 Å². The predicted molar refractivity (Wildman–Crippen MR) is 109 cm³/mol. The standard InChI is InChI=1S/C21H20ClN3O5/c1-30-17-6-5-12(9-15(17)22)10-23-16-4-2-3-13-14(16)11-25(19(13)27)21(29)8-7-18(26)24-20(21)28/h2-6,9,23,29H,7-8,10-11H2,1H3,(H,24,26,28). The van der Waals surface area contributed by atoms with Gasteiger partial charge in [-0.3, -0.25) is 24.6 Å². The molecule has 1 fully saturated rings. The molecule has 0 radical (unpaired) electrons. The molecule has 2 heterocycles. The van der Waals surface area contributed by atoms with Gasteiger partial charge in [-0.25, -0.2) is 0 Å². The lowest BCUT2D eigenvalue weighted by Crippen LogP contribution is -2.63. The number of methoxy groups -OCH3 is 1. The van der Waals surface area contributed by atoms with Gasteiger partial charge < -0.3 is 15.2 Å². The first kappa shape index (κ1) is 20.2. The van der Waals surface area contributed by atoms with Gasteiger partial charge in [0.1, 0.15) is 5.75 Å². The Hall–Kier alpha value is -3.10. The summed E-state index contributed by atoms with van der Waals surface area (Å²) >= 11 is 6.17. The third-order valence-corrected chi connectivity index (χ3v) is 5.73. The quantitative estimate of drug-likeness (QED) is 0.628. The number of hydrogen-bond donors (Lipinski definition) is 3. The molecule has 1 saturated heterocycles. The van der Waals surface area contributed by atoms with Gasteiger partial charge in [-0.1, -0.05) is 23.7 Å². The molecule has 0 aromatic heterocycles. The Morgan fingerprint density at radius 1 is 1.27 bits per heavy atom. The predicted octanol–water partition coefficient (Wildman–Crippen LogP) is 2.04. The zero-order valence-corrected chi connectivity index (χ0v) is 17.0. The van der Waals surface area contributed by atoms with E-state index >= 15 is 0 Å². The van der Waals surface area contributed by atoms with Gasteiger partial charge >= 0.3 is 0 Å². The molecule has 0 aliphatic carbocycles. The summed E-state index contributed by atoms with van der Waals surface area (Å²) in [6.07, 6.45) is -0.170. The molecule has 156 valence electrons. The van der Waals surface area contributed by atoms with Crippen molar-refractivity contribution in [2.75, 3.05) is 12.4 Å². The van der Waals surface area contributed by atoms with Crippen LogP contribution in [0.4, 0.5) is 5.69 Å². The number of anilines is 1. The van der Waals surface area contributed by atoms with Gasteiger partial charge in [-0.15, -0.1) is 0 Å². The number of piperidine rings is 1. The minimum atomic E-state index is -2.05. The van der Waals surface area contributed by atoms with Crippen molar-refractivity contribution in [3.8, 4) is 5.75 Å². The molecule has 2 aromatic carbocycles. The minimum absolute atomic E-state index is 0.0360. The van der Waals surface area contributed by atoms with Crippen LogP contribution in [0.15, 0.2) is 36.4 Å². The second-order valence-electron chi connectivity index (χ2n) is 7.24. The molecule has 30 heavy (non-hydrogen) atoms. The van der Waals surface area contributed by atoms with Crippen molar-refractivity contribution in [1.82, 2.24) is 10.2 Å². The SMILES string of the molecule is COc1ccc(CNc2cccc3c2CN(C2(O)CCC(=O)NC2=O)C3=O)cc1Cl. The number of imide groups is 1. The third-order valence-electron chi connectivity index (χ3n) is 5.43. The van der Waals surface area contributed by atoms with Crippen molar-refractivity contribution in [3.63, 3.8) is 0 Å². The van der Waals surface area contributed by atoms with Crippen LogP contribution >= 0.6 is 11.6 Å². The molecule has 9 heteroatoms. The van der Waals surface area contributed by atoms with E-state index in [0.717, 1.165) is 10.5 Å². The van der Waals surface area contributed by atoms with Crippen molar-refractivity contribution >= 4 is 35.0 Å². The minimum Gasteiger partial charge on any atom is -0.495 e. The fourth-order valence-electron chi connectivity index (χ4n) is 3.76. The normalized spacial score (nSPS) is 20.8. The monoisotopic (exact) mass is 429 g/mol. The van der Waals surface area contributed by atoms with Gasteiger partial charge in [-0.05, 0) is 29.8 Å². The van der Waals surface area contributed by atoms with Gasteiger partial charge in [-0.2, -0.15) is 0 Å². The Balaban J connectivity index is 1.55. The summed E-state index contributed by atoms with van der Waals surface area (Å²) in [6.45, 7) is 0.506. The van der Waals surface area contributed by atoms with E-state index in [0.29, 0.717) is 34.1 Å². The summed E-state index contributed by atoms with van der Waals surface area (Å²) in [7, 11) is 1.55. The van der Waals surface area contributed by atoms with E-state index in [9.17, 15) is 19.5 Å². The molecule has 2 aliphatic rings. The van der Waals surface area contributed by atoms with Crippen LogP contribution < -0.4 is 15.4 Å². The highest BCUT2D eigenvalue weighted by Crippen LogP contribution is 2.36. The van der Waals surface area contributed by atoms with E-state index in [2.05, 4.69) is 10.6 Å². The van der Waals surface area contributed by atoms with Crippen LogP contribution in [0, 0.1) is 0 Å². The van der Waals surface area contributed by atoms with Gasteiger partial charge in [0.2, 0.25) is 11.6 Å². The van der Waals surface area contributed by atoms with Gasteiger partial charge in [0, 0.05) is 36.2 Å². The lowest BCUT2D eigenvalue weighted by Gasteiger charge is -2.37. The van der Waals surface area contributed by atoms with Crippen LogP contribution in [0.3, 0.4) is 0 Å². The molecule has 0 bridgehead atoms.